The molecule has 3 rings (SSSR count). The second-order valence-corrected chi connectivity index (χ2v) is 9.40. The summed E-state index contributed by atoms with van der Waals surface area (Å²) in [5.41, 5.74) is 5.06. The zero-order valence-electron chi connectivity index (χ0n) is 19.4. The monoisotopic (exact) mass is 441 g/mol. The third kappa shape index (κ3) is 5.35. The predicted octanol–water partition coefficient (Wildman–Crippen LogP) is 5.11. The van der Waals surface area contributed by atoms with Gasteiger partial charge in [0.15, 0.2) is 0 Å². The van der Waals surface area contributed by atoms with E-state index in [1.54, 1.807) is 11.8 Å². The van der Waals surface area contributed by atoms with Crippen LogP contribution < -0.4 is 15.8 Å². The van der Waals surface area contributed by atoms with Crippen LogP contribution >= 0.6 is 11.8 Å². The fourth-order valence-electron chi connectivity index (χ4n) is 4.71. The highest BCUT2D eigenvalue weighted by Crippen LogP contribution is 2.34. The molecule has 1 amide bonds. The minimum Gasteiger partial charge on any atom is -0.369 e. The Balaban J connectivity index is 1.89. The van der Waals surface area contributed by atoms with Gasteiger partial charge in [0.2, 0.25) is 0 Å². The molecule has 5 nitrogen and oxygen atoms in total. The number of nitrogens with one attached hydrogen (secondary N) is 2. The lowest BCUT2D eigenvalue weighted by atomic mass is 9.93. The number of hydrogen-bond acceptors (Lipinski definition) is 4. The number of aromatic nitrogens is 1. The molecule has 2 aromatic rings. The van der Waals surface area contributed by atoms with Gasteiger partial charge in [-0.1, -0.05) is 19.3 Å². The fourth-order valence-corrected chi connectivity index (χ4v) is 5.17. The van der Waals surface area contributed by atoms with E-state index in [1.165, 1.54) is 32.1 Å². The number of H-pyrrole nitrogens is 1. The number of nitrogens with zero attached hydrogens (tertiary/aromatic N) is 1. The van der Waals surface area contributed by atoms with Gasteiger partial charge in [0, 0.05) is 46.5 Å². The first kappa shape index (κ1) is 23.5. The maximum Gasteiger partial charge on any atom is 0.253 e. The van der Waals surface area contributed by atoms with E-state index in [4.69, 9.17) is 0 Å². The number of hydrogen-bond donors (Lipinski definition) is 2. The molecular formula is C25H35N3O2S. The number of pyridine rings is 1. The molecule has 1 aromatic heterocycles. The van der Waals surface area contributed by atoms with E-state index in [0.29, 0.717) is 17.2 Å². The second-order valence-electron chi connectivity index (χ2n) is 8.52. The van der Waals surface area contributed by atoms with E-state index in [0.717, 1.165) is 33.9 Å². The molecule has 0 radical (unpaired) electrons. The van der Waals surface area contributed by atoms with Crippen LogP contribution in [0.5, 0.6) is 0 Å². The number of amides is 1. The average Bonchev–Trinajstić information content (AvgIpc) is 2.75. The van der Waals surface area contributed by atoms with Crippen molar-refractivity contribution >= 4 is 23.4 Å². The van der Waals surface area contributed by atoms with Crippen molar-refractivity contribution in [2.45, 2.75) is 77.3 Å². The summed E-state index contributed by atoms with van der Waals surface area (Å²) in [5, 5.41) is 2.99. The van der Waals surface area contributed by atoms with Crippen LogP contribution in [-0.4, -0.2) is 29.7 Å². The van der Waals surface area contributed by atoms with Gasteiger partial charge in [-0.05, 0) is 76.1 Å². The molecule has 31 heavy (non-hydrogen) atoms. The molecule has 0 saturated heterocycles. The predicted molar refractivity (Wildman–Crippen MR) is 131 cm³/mol. The number of anilines is 1. The van der Waals surface area contributed by atoms with Gasteiger partial charge >= 0.3 is 0 Å². The van der Waals surface area contributed by atoms with E-state index in [9.17, 15) is 9.59 Å². The first-order valence-corrected chi connectivity index (χ1v) is 12.5. The van der Waals surface area contributed by atoms with Crippen LogP contribution in [0.3, 0.4) is 0 Å². The van der Waals surface area contributed by atoms with Crippen molar-refractivity contribution in [2.75, 3.05) is 17.7 Å². The van der Waals surface area contributed by atoms with Gasteiger partial charge in [-0.25, -0.2) is 0 Å². The van der Waals surface area contributed by atoms with E-state index >= 15 is 0 Å². The molecule has 2 N–H and O–H groups in total. The number of rotatable bonds is 7. The van der Waals surface area contributed by atoms with E-state index in [2.05, 4.69) is 28.2 Å². The number of benzene rings is 1. The Morgan fingerprint density at radius 2 is 1.87 bits per heavy atom. The molecule has 1 aliphatic carbocycles. The highest BCUT2D eigenvalue weighted by Gasteiger charge is 2.24. The van der Waals surface area contributed by atoms with Gasteiger partial charge in [0.25, 0.3) is 11.5 Å². The Bertz CT molecular complexity index is 993. The van der Waals surface area contributed by atoms with Crippen LogP contribution in [0, 0.1) is 20.8 Å². The summed E-state index contributed by atoms with van der Waals surface area (Å²) in [6.07, 6.45) is 8.35. The minimum absolute atomic E-state index is 0.131. The van der Waals surface area contributed by atoms with Crippen LogP contribution in [0.1, 0.15) is 71.8 Å². The number of thioether (sulfide) groups is 1. The number of carbonyl (C=O) groups excluding carboxylic acids is 1. The molecule has 0 aliphatic heterocycles. The highest BCUT2D eigenvalue weighted by atomic mass is 32.2. The Labute approximate surface area is 190 Å². The number of carbonyl (C=O) groups is 1. The SMILES string of the molecule is CCN(c1cc(SC)cc(C(=O)NCc2c(C)cc(C)[nH]c2=O)c1C)C1CCCCC1. The second kappa shape index (κ2) is 10.4. The highest BCUT2D eigenvalue weighted by molar-refractivity contribution is 7.98. The number of aromatic amines is 1. The van der Waals surface area contributed by atoms with E-state index in [1.807, 2.05) is 39.2 Å². The molecule has 168 valence electrons. The lowest BCUT2D eigenvalue weighted by molar-refractivity contribution is 0.0950. The van der Waals surface area contributed by atoms with Crippen LogP contribution in [-0.2, 0) is 6.54 Å². The maximum absolute atomic E-state index is 13.2. The molecular weight excluding hydrogens is 406 g/mol. The molecule has 1 heterocycles. The summed E-state index contributed by atoms with van der Waals surface area (Å²) >= 11 is 1.66. The van der Waals surface area contributed by atoms with Crippen LogP contribution in [0.2, 0.25) is 0 Å². The first-order valence-electron chi connectivity index (χ1n) is 11.3. The van der Waals surface area contributed by atoms with Crippen molar-refractivity contribution in [3.63, 3.8) is 0 Å². The van der Waals surface area contributed by atoms with Crippen molar-refractivity contribution in [1.82, 2.24) is 10.3 Å². The van der Waals surface area contributed by atoms with Gasteiger partial charge < -0.3 is 15.2 Å². The molecule has 0 bridgehead atoms. The smallest absolute Gasteiger partial charge is 0.253 e. The Morgan fingerprint density at radius 1 is 1.16 bits per heavy atom. The summed E-state index contributed by atoms with van der Waals surface area (Å²) in [5.74, 6) is -0.131. The van der Waals surface area contributed by atoms with E-state index < -0.39 is 0 Å². The molecule has 1 fully saturated rings. The summed E-state index contributed by atoms with van der Waals surface area (Å²) in [6.45, 7) is 9.17. The zero-order chi connectivity index (χ0) is 22.5. The Hall–Kier alpha value is -2.21. The summed E-state index contributed by atoms with van der Waals surface area (Å²) in [4.78, 5) is 31.9. The summed E-state index contributed by atoms with van der Waals surface area (Å²) in [6, 6.07) is 6.67. The van der Waals surface area contributed by atoms with Crippen LogP contribution in [0.15, 0.2) is 27.9 Å². The maximum atomic E-state index is 13.2. The third-order valence-electron chi connectivity index (χ3n) is 6.42. The standard InChI is InChI=1S/C25H35N3O2S/c1-6-28(19-10-8-7-9-11-19)23-14-20(31-5)13-21(18(23)4)24(29)26-15-22-16(2)12-17(3)27-25(22)30/h12-14,19H,6-11,15H2,1-5H3,(H,26,29)(H,27,30). The van der Waals surface area contributed by atoms with Crippen LogP contribution in [0.4, 0.5) is 5.69 Å². The molecule has 0 unspecified atom stereocenters. The minimum atomic E-state index is -0.137. The molecule has 0 spiro atoms. The largest absolute Gasteiger partial charge is 0.369 e. The van der Waals surface area contributed by atoms with Gasteiger partial charge in [-0.2, -0.15) is 0 Å². The summed E-state index contributed by atoms with van der Waals surface area (Å²) in [7, 11) is 0. The van der Waals surface area contributed by atoms with Gasteiger partial charge in [-0.15, -0.1) is 11.8 Å². The Morgan fingerprint density at radius 3 is 2.48 bits per heavy atom. The number of aryl methyl sites for hydroxylation is 2. The average molecular weight is 442 g/mol. The lowest BCUT2D eigenvalue weighted by Gasteiger charge is -2.37. The van der Waals surface area contributed by atoms with Gasteiger partial charge in [0.05, 0.1) is 0 Å². The van der Waals surface area contributed by atoms with Crippen molar-refractivity contribution < 1.29 is 4.79 Å². The van der Waals surface area contributed by atoms with Crippen LogP contribution in [0.25, 0.3) is 0 Å². The molecule has 1 aliphatic rings. The van der Waals surface area contributed by atoms with Crippen molar-refractivity contribution in [3.05, 3.63) is 56.5 Å². The molecule has 0 atom stereocenters. The summed E-state index contributed by atoms with van der Waals surface area (Å²) < 4.78 is 0. The van der Waals surface area contributed by atoms with E-state index in [-0.39, 0.29) is 18.0 Å². The zero-order valence-corrected chi connectivity index (χ0v) is 20.2. The molecule has 1 aromatic carbocycles. The van der Waals surface area contributed by atoms with Crippen molar-refractivity contribution in [1.29, 1.82) is 0 Å². The molecule has 1 saturated carbocycles. The lowest BCUT2D eigenvalue weighted by Crippen LogP contribution is -2.37. The normalized spacial score (nSPS) is 14.5. The molecule has 6 heteroatoms. The van der Waals surface area contributed by atoms with Gasteiger partial charge in [0.1, 0.15) is 0 Å². The topological polar surface area (TPSA) is 65.2 Å². The van der Waals surface area contributed by atoms with Crippen molar-refractivity contribution in [3.8, 4) is 0 Å². The fraction of sp³-hybridized carbons (Fsp3) is 0.520. The van der Waals surface area contributed by atoms with Gasteiger partial charge in [-0.3, -0.25) is 9.59 Å². The van der Waals surface area contributed by atoms with Crippen molar-refractivity contribution in [2.24, 2.45) is 0 Å². The first-order chi connectivity index (χ1) is 14.8. The Kier molecular flexibility index (Phi) is 7.87. The quantitative estimate of drug-likeness (QED) is 0.586. The third-order valence-corrected chi connectivity index (χ3v) is 7.13.